The summed E-state index contributed by atoms with van der Waals surface area (Å²) in [5.41, 5.74) is 0.634. The van der Waals surface area contributed by atoms with Gasteiger partial charge in [-0.05, 0) is 6.42 Å². The third kappa shape index (κ3) is 1.59. The maximum Gasteiger partial charge on any atom is 0.244 e. The van der Waals surface area contributed by atoms with Crippen molar-refractivity contribution < 1.29 is 4.79 Å². The summed E-state index contributed by atoms with van der Waals surface area (Å²) < 4.78 is 1.76. The lowest BCUT2D eigenvalue weighted by molar-refractivity contribution is -0.127. The molecule has 1 aliphatic heterocycles. The molecule has 0 radical (unpaired) electrons. The maximum absolute atomic E-state index is 11.8. The Morgan fingerprint density at radius 3 is 3.18 bits per heavy atom. The molecule has 2 aromatic heterocycles. The molecule has 7 nitrogen and oxygen atoms in total. The lowest BCUT2D eigenvalue weighted by Crippen LogP contribution is -2.31. The predicted octanol–water partition coefficient (Wildman–Crippen LogP) is -0.233. The van der Waals surface area contributed by atoms with E-state index in [-0.39, 0.29) is 11.9 Å². The highest BCUT2D eigenvalue weighted by molar-refractivity contribution is 5.87. The molecule has 0 aliphatic carbocycles. The number of nitrogens with zero attached hydrogens (tertiary/aromatic N) is 5. The molecule has 1 amide bonds. The minimum absolute atomic E-state index is 0.0910. The molecule has 0 aromatic carbocycles. The average molecular weight is 232 g/mol. The summed E-state index contributed by atoms with van der Waals surface area (Å²) in [4.78, 5) is 17.7. The van der Waals surface area contributed by atoms with Gasteiger partial charge in [0.05, 0.1) is 0 Å². The molecule has 0 spiro atoms. The highest BCUT2D eigenvalue weighted by atomic mass is 16.2. The van der Waals surface area contributed by atoms with Gasteiger partial charge in [-0.25, -0.2) is 4.98 Å². The van der Waals surface area contributed by atoms with Gasteiger partial charge in [-0.2, -0.15) is 0 Å². The summed E-state index contributed by atoms with van der Waals surface area (Å²) >= 11 is 0. The molecule has 1 fully saturated rings. The van der Waals surface area contributed by atoms with E-state index in [9.17, 15) is 4.79 Å². The van der Waals surface area contributed by atoms with Gasteiger partial charge in [0.1, 0.15) is 12.4 Å². The number of rotatable bonds is 2. The van der Waals surface area contributed by atoms with Gasteiger partial charge in [0.2, 0.25) is 11.6 Å². The molecule has 3 rings (SSSR count). The predicted molar refractivity (Wildman–Crippen MR) is 60.4 cm³/mol. The van der Waals surface area contributed by atoms with Gasteiger partial charge in [0, 0.05) is 26.0 Å². The quantitative estimate of drug-likeness (QED) is 0.774. The number of likely N-dealkylation sites (N-methyl/N-ethyl adjacent to an activating group) is 1. The van der Waals surface area contributed by atoms with Crippen LogP contribution in [0.15, 0.2) is 18.7 Å². The number of aromatic nitrogens is 4. The molecule has 3 heterocycles. The van der Waals surface area contributed by atoms with Gasteiger partial charge in [0.15, 0.2) is 5.82 Å². The van der Waals surface area contributed by atoms with Crippen LogP contribution in [0.3, 0.4) is 0 Å². The van der Waals surface area contributed by atoms with Crippen LogP contribution in [0.25, 0.3) is 5.65 Å². The lowest BCUT2D eigenvalue weighted by atomic mass is 10.2. The third-order valence-corrected chi connectivity index (χ3v) is 2.95. The van der Waals surface area contributed by atoms with E-state index in [4.69, 9.17) is 0 Å². The summed E-state index contributed by atoms with van der Waals surface area (Å²) in [6.45, 7) is 0.770. The van der Waals surface area contributed by atoms with Crippen molar-refractivity contribution in [3.8, 4) is 0 Å². The van der Waals surface area contributed by atoms with E-state index in [1.165, 1.54) is 0 Å². The van der Waals surface area contributed by atoms with E-state index in [1.807, 2.05) is 0 Å². The molecule has 17 heavy (non-hydrogen) atoms. The Morgan fingerprint density at radius 2 is 2.41 bits per heavy atom. The number of carbonyl (C=O) groups is 1. The van der Waals surface area contributed by atoms with Crippen LogP contribution in [-0.4, -0.2) is 50.0 Å². The Labute approximate surface area is 97.5 Å². The van der Waals surface area contributed by atoms with E-state index in [0.29, 0.717) is 11.5 Å². The Balaban J connectivity index is 1.90. The van der Waals surface area contributed by atoms with Crippen LogP contribution in [0.5, 0.6) is 0 Å². The first-order valence-corrected chi connectivity index (χ1v) is 5.41. The summed E-state index contributed by atoms with van der Waals surface area (Å²) in [5, 5.41) is 10.9. The minimum atomic E-state index is -0.213. The number of likely N-dealkylation sites (tertiary alicyclic amines) is 1. The number of hydrogen-bond donors (Lipinski definition) is 1. The molecule has 1 atom stereocenters. The van der Waals surface area contributed by atoms with Crippen molar-refractivity contribution in [3.05, 3.63) is 18.7 Å². The minimum Gasteiger partial charge on any atom is -0.355 e. The lowest BCUT2D eigenvalue weighted by Gasteiger charge is -2.12. The summed E-state index contributed by atoms with van der Waals surface area (Å²) in [6, 6.07) is -0.213. The summed E-state index contributed by atoms with van der Waals surface area (Å²) in [7, 11) is 1.80. The van der Waals surface area contributed by atoms with Gasteiger partial charge >= 0.3 is 0 Å². The highest BCUT2D eigenvalue weighted by Crippen LogP contribution is 2.16. The van der Waals surface area contributed by atoms with E-state index in [1.54, 1.807) is 35.1 Å². The molecule has 7 heteroatoms. The fraction of sp³-hybridized carbons (Fsp3) is 0.400. The van der Waals surface area contributed by atoms with E-state index < -0.39 is 0 Å². The molecule has 0 saturated carbocycles. The monoisotopic (exact) mass is 232 g/mol. The first-order valence-electron chi connectivity index (χ1n) is 5.41. The SMILES string of the molecule is CN1CCC(Nc2nccn3cnnc23)C1=O. The largest absolute Gasteiger partial charge is 0.355 e. The molecule has 1 aliphatic rings. The molecule has 2 aromatic rings. The summed E-state index contributed by atoms with van der Waals surface area (Å²) in [5.74, 6) is 0.687. The Kier molecular flexibility index (Phi) is 2.17. The zero-order valence-corrected chi connectivity index (χ0v) is 9.37. The number of fused-ring (bicyclic) bond motifs is 1. The van der Waals surface area contributed by atoms with Crippen molar-refractivity contribution in [3.63, 3.8) is 0 Å². The van der Waals surface area contributed by atoms with Gasteiger partial charge in [-0.15, -0.1) is 10.2 Å². The van der Waals surface area contributed by atoms with Crippen LogP contribution in [0.1, 0.15) is 6.42 Å². The second-order valence-electron chi connectivity index (χ2n) is 4.08. The molecule has 1 saturated heterocycles. The fourth-order valence-corrected chi connectivity index (χ4v) is 1.98. The van der Waals surface area contributed by atoms with E-state index in [2.05, 4.69) is 20.5 Å². The molecular weight excluding hydrogens is 220 g/mol. The van der Waals surface area contributed by atoms with Crippen molar-refractivity contribution >= 4 is 17.4 Å². The molecule has 88 valence electrons. The second-order valence-corrected chi connectivity index (χ2v) is 4.08. The molecule has 1 N–H and O–H groups in total. The van der Waals surface area contributed by atoms with Crippen molar-refractivity contribution in [1.82, 2.24) is 24.5 Å². The topological polar surface area (TPSA) is 75.4 Å². The fourth-order valence-electron chi connectivity index (χ4n) is 1.98. The number of anilines is 1. The number of carbonyl (C=O) groups excluding carboxylic acids is 1. The van der Waals surface area contributed by atoms with Crippen LogP contribution >= 0.6 is 0 Å². The molecule has 0 bridgehead atoms. The van der Waals surface area contributed by atoms with Gasteiger partial charge in [-0.3, -0.25) is 9.20 Å². The van der Waals surface area contributed by atoms with Gasteiger partial charge in [-0.1, -0.05) is 0 Å². The van der Waals surface area contributed by atoms with E-state index >= 15 is 0 Å². The maximum atomic E-state index is 11.8. The van der Waals surface area contributed by atoms with Gasteiger partial charge < -0.3 is 10.2 Å². The number of hydrogen-bond acceptors (Lipinski definition) is 5. The zero-order chi connectivity index (χ0) is 11.8. The van der Waals surface area contributed by atoms with Crippen molar-refractivity contribution in [2.45, 2.75) is 12.5 Å². The molecule has 1 unspecified atom stereocenters. The van der Waals surface area contributed by atoms with Crippen LogP contribution in [0, 0.1) is 0 Å². The normalized spacial score (nSPS) is 20.2. The number of amides is 1. The highest BCUT2D eigenvalue weighted by Gasteiger charge is 2.29. The van der Waals surface area contributed by atoms with Crippen LogP contribution in [-0.2, 0) is 4.79 Å². The first-order chi connectivity index (χ1) is 8.25. The standard InChI is InChI=1S/C10H12N6O/c1-15-4-2-7(10(15)17)13-8-9-14-12-6-16(9)5-3-11-8/h3,5-7H,2,4H2,1H3,(H,11,13). The van der Waals surface area contributed by atoms with Crippen LogP contribution < -0.4 is 5.32 Å². The third-order valence-electron chi connectivity index (χ3n) is 2.95. The van der Waals surface area contributed by atoms with E-state index in [0.717, 1.165) is 13.0 Å². The summed E-state index contributed by atoms with van der Waals surface area (Å²) in [6.07, 6.45) is 5.81. The van der Waals surface area contributed by atoms with Crippen molar-refractivity contribution in [2.75, 3.05) is 18.9 Å². The first kappa shape index (κ1) is 10.0. The van der Waals surface area contributed by atoms with Crippen LogP contribution in [0.2, 0.25) is 0 Å². The Morgan fingerprint density at radius 1 is 1.53 bits per heavy atom. The van der Waals surface area contributed by atoms with Crippen molar-refractivity contribution in [1.29, 1.82) is 0 Å². The Hall–Kier alpha value is -2.18. The molecular formula is C10H12N6O. The smallest absolute Gasteiger partial charge is 0.244 e. The Bertz CT molecular complexity index is 565. The van der Waals surface area contributed by atoms with Crippen molar-refractivity contribution in [2.24, 2.45) is 0 Å². The second kappa shape index (κ2) is 3.69. The van der Waals surface area contributed by atoms with Gasteiger partial charge in [0.25, 0.3) is 0 Å². The average Bonchev–Trinajstić information content (AvgIpc) is 2.91. The number of nitrogens with one attached hydrogen (secondary N) is 1. The zero-order valence-electron chi connectivity index (χ0n) is 9.37. The van der Waals surface area contributed by atoms with Crippen LogP contribution in [0.4, 0.5) is 5.82 Å².